The highest BCUT2D eigenvalue weighted by atomic mass is 32.1. The van der Waals surface area contributed by atoms with Crippen molar-refractivity contribution in [1.29, 1.82) is 0 Å². The van der Waals surface area contributed by atoms with E-state index in [4.69, 9.17) is 0 Å². The summed E-state index contributed by atoms with van der Waals surface area (Å²) < 4.78 is 38.9. The lowest BCUT2D eigenvalue weighted by Crippen LogP contribution is -2.34. The number of rotatable bonds is 3. The number of nitrogens with zero attached hydrogens (tertiary/aromatic N) is 1. The molecule has 0 fully saturated rings. The highest BCUT2D eigenvalue weighted by Crippen LogP contribution is 2.30. The number of aromatic nitrogens is 2. The molecule has 0 unspecified atom stereocenters. The number of alkyl halides is 3. The van der Waals surface area contributed by atoms with E-state index in [0.29, 0.717) is 15.8 Å². The van der Waals surface area contributed by atoms with Crippen molar-refractivity contribution in [1.82, 2.24) is 9.55 Å². The summed E-state index contributed by atoms with van der Waals surface area (Å²) in [4.78, 5) is 28.3. The van der Waals surface area contributed by atoms with Crippen LogP contribution in [0.25, 0.3) is 22.4 Å². The fraction of sp³-hybridized carbons (Fsp3) is 0.222. The summed E-state index contributed by atoms with van der Waals surface area (Å²) in [5.41, 5.74) is -0.157. The summed E-state index contributed by atoms with van der Waals surface area (Å²) in [5, 5.41) is 0.462. The van der Waals surface area contributed by atoms with Crippen LogP contribution in [0.2, 0.25) is 0 Å². The fourth-order valence-corrected chi connectivity index (χ4v) is 3.76. The van der Waals surface area contributed by atoms with Crippen molar-refractivity contribution < 1.29 is 13.2 Å². The van der Waals surface area contributed by atoms with Gasteiger partial charge in [0.15, 0.2) is 0 Å². The zero-order valence-corrected chi connectivity index (χ0v) is 14.8. The van der Waals surface area contributed by atoms with E-state index in [-0.39, 0.29) is 12.1 Å². The van der Waals surface area contributed by atoms with Gasteiger partial charge in [0, 0.05) is 11.4 Å². The Labute approximate surface area is 150 Å². The quantitative estimate of drug-likeness (QED) is 0.738. The van der Waals surface area contributed by atoms with Crippen LogP contribution in [0, 0.1) is 6.92 Å². The van der Waals surface area contributed by atoms with Crippen molar-refractivity contribution >= 4 is 33.7 Å². The van der Waals surface area contributed by atoms with Gasteiger partial charge < -0.3 is 0 Å². The molecule has 1 N–H and O–H groups in total. The van der Waals surface area contributed by atoms with E-state index in [2.05, 4.69) is 4.98 Å². The summed E-state index contributed by atoms with van der Waals surface area (Å²) in [6.07, 6.45) is -0.958. The summed E-state index contributed by atoms with van der Waals surface area (Å²) in [5.74, 6) is 0. The number of nitrogens with one attached hydrogen (secondary N) is 1. The molecule has 3 rings (SSSR count). The van der Waals surface area contributed by atoms with Crippen molar-refractivity contribution in [3.05, 3.63) is 66.7 Å². The molecule has 8 heteroatoms. The van der Waals surface area contributed by atoms with Gasteiger partial charge >= 0.3 is 11.9 Å². The van der Waals surface area contributed by atoms with E-state index < -0.39 is 17.4 Å². The number of fused-ring (bicyclic) bond motifs is 1. The third-order valence-corrected chi connectivity index (χ3v) is 5.26. The minimum absolute atomic E-state index is 0.274. The Morgan fingerprint density at radius 1 is 1.15 bits per heavy atom. The Kier molecular flexibility index (Phi) is 4.62. The fourth-order valence-electron chi connectivity index (χ4n) is 2.67. The van der Waals surface area contributed by atoms with Crippen LogP contribution in [-0.2, 0) is 12.7 Å². The molecular weight excluding hydrogens is 365 g/mol. The topological polar surface area (TPSA) is 54.9 Å². The lowest BCUT2D eigenvalue weighted by atomic mass is 10.1. The maximum Gasteiger partial charge on any atom is 0.416 e. The molecule has 0 saturated carbocycles. The first-order valence-electron chi connectivity index (χ1n) is 7.84. The molecule has 0 aliphatic heterocycles. The van der Waals surface area contributed by atoms with E-state index in [9.17, 15) is 22.8 Å². The van der Waals surface area contributed by atoms with Crippen LogP contribution in [0.5, 0.6) is 0 Å². The maximum atomic E-state index is 12.6. The zero-order valence-electron chi connectivity index (χ0n) is 14.0. The standard InChI is InChI=1S/C18H15F3N2O2S/c1-3-23-16(24)14-10(2)13(26-15(14)22-17(23)25)9-6-11-4-7-12(8-5-11)18(19,20)21/h4-9H,3H2,1-2H3,(H,22,25)/b9-6+. The molecule has 0 radical (unpaired) electrons. The first-order valence-corrected chi connectivity index (χ1v) is 8.65. The monoisotopic (exact) mass is 380 g/mol. The number of aromatic amines is 1. The Morgan fingerprint density at radius 2 is 1.81 bits per heavy atom. The number of hydrogen-bond donors (Lipinski definition) is 1. The molecule has 0 aliphatic rings. The van der Waals surface area contributed by atoms with Crippen molar-refractivity contribution in [3.63, 3.8) is 0 Å². The molecular formula is C18H15F3N2O2S. The second-order valence-corrected chi connectivity index (χ2v) is 6.78. The molecule has 0 saturated heterocycles. The molecule has 0 atom stereocenters. The van der Waals surface area contributed by atoms with Gasteiger partial charge in [-0.2, -0.15) is 13.2 Å². The summed E-state index contributed by atoms with van der Waals surface area (Å²) in [7, 11) is 0. The number of hydrogen-bond acceptors (Lipinski definition) is 3. The molecule has 4 nitrogen and oxygen atoms in total. The van der Waals surface area contributed by atoms with Crippen LogP contribution >= 0.6 is 11.3 Å². The normalized spacial score (nSPS) is 12.3. The zero-order chi connectivity index (χ0) is 19.1. The summed E-state index contributed by atoms with van der Waals surface area (Å²) in [6, 6.07) is 4.81. The highest BCUT2D eigenvalue weighted by molar-refractivity contribution is 7.19. The van der Waals surface area contributed by atoms with Gasteiger partial charge in [-0.15, -0.1) is 11.3 Å². The van der Waals surface area contributed by atoms with E-state index in [1.807, 2.05) is 0 Å². The first kappa shape index (κ1) is 18.2. The molecule has 2 aromatic heterocycles. The molecule has 0 spiro atoms. The van der Waals surface area contributed by atoms with E-state index in [0.717, 1.165) is 27.1 Å². The van der Waals surface area contributed by atoms with Gasteiger partial charge in [0.25, 0.3) is 5.56 Å². The van der Waals surface area contributed by atoms with Crippen molar-refractivity contribution in [2.24, 2.45) is 0 Å². The third-order valence-electron chi connectivity index (χ3n) is 4.09. The van der Waals surface area contributed by atoms with Gasteiger partial charge in [-0.25, -0.2) is 4.79 Å². The molecule has 0 bridgehead atoms. The highest BCUT2D eigenvalue weighted by Gasteiger charge is 2.29. The minimum Gasteiger partial charge on any atom is -0.298 e. The van der Waals surface area contributed by atoms with Crippen molar-refractivity contribution in [3.8, 4) is 0 Å². The Hall–Kier alpha value is -2.61. The van der Waals surface area contributed by atoms with Gasteiger partial charge in [-0.1, -0.05) is 18.2 Å². The molecule has 2 heterocycles. The van der Waals surface area contributed by atoms with Crippen LogP contribution in [-0.4, -0.2) is 9.55 Å². The maximum absolute atomic E-state index is 12.6. The number of thiophene rings is 1. The van der Waals surface area contributed by atoms with Gasteiger partial charge in [-0.05, 0) is 43.2 Å². The van der Waals surface area contributed by atoms with Crippen LogP contribution in [0.3, 0.4) is 0 Å². The lowest BCUT2D eigenvalue weighted by Gasteiger charge is -2.05. The number of halogens is 3. The van der Waals surface area contributed by atoms with Crippen LogP contribution < -0.4 is 11.2 Å². The van der Waals surface area contributed by atoms with Gasteiger partial charge in [0.2, 0.25) is 0 Å². The summed E-state index contributed by atoms with van der Waals surface area (Å²) >= 11 is 1.26. The van der Waals surface area contributed by atoms with Crippen LogP contribution in [0.4, 0.5) is 13.2 Å². The van der Waals surface area contributed by atoms with Gasteiger partial charge in [-0.3, -0.25) is 14.3 Å². The lowest BCUT2D eigenvalue weighted by molar-refractivity contribution is -0.137. The van der Waals surface area contributed by atoms with E-state index in [1.54, 1.807) is 26.0 Å². The molecule has 26 heavy (non-hydrogen) atoms. The minimum atomic E-state index is -4.37. The predicted octanol–water partition coefficient (Wildman–Crippen LogP) is 4.27. The smallest absolute Gasteiger partial charge is 0.298 e. The molecule has 0 amide bonds. The molecule has 0 aliphatic carbocycles. The number of H-pyrrole nitrogens is 1. The van der Waals surface area contributed by atoms with E-state index >= 15 is 0 Å². The number of aryl methyl sites for hydroxylation is 1. The summed E-state index contributed by atoms with van der Waals surface area (Å²) in [6.45, 7) is 3.77. The molecule has 1 aromatic carbocycles. The second-order valence-electron chi connectivity index (χ2n) is 5.73. The number of benzene rings is 1. The van der Waals surface area contributed by atoms with Crippen LogP contribution in [0.1, 0.15) is 28.5 Å². The van der Waals surface area contributed by atoms with Crippen molar-refractivity contribution in [2.75, 3.05) is 0 Å². The SMILES string of the molecule is CCn1c(=O)[nH]c2sc(/C=C/c3ccc(C(F)(F)F)cc3)c(C)c2c1=O. The largest absolute Gasteiger partial charge is 0.416 e. The Bertz CT molecular complexity index is 1100. The van der Waals surface area contributed by atoms with Crippen LogP contribution in [0.15, 0.2) is 33.9 Å². The van der Waals surface area contributed by atoms with Gasteiger partial charge in [0.1, 0.15) is 4.83 Å². The molecule has 136 valence electrons. The predicted molar refractivity (Wildman–Crippen MR) is 97.5 cm³/mol. The van der Waals surface area contributed by atoms with Gasteiger partial charge in [0.05, 0.1) is 10.9 Å². The average molecular weight is 380 g/mol. The second kappa shape index (κ2) is 6.60. The Morgan fingerprint density at radius 3 is 2.38 bits per heavy atom. The first-order chi connectivity index (χ1) is 12.2. The van der Waals surface area contributed by atoms with E-state index in [1.165, 1.54) is 23.5 Å². The Balaban J connectivity index is 2.00. The van der Waals surface area contributed by atoms with Crippen molar-refractivity contribution in [2.45, 2.75) is 26.6 Å². The molecule has 3 aromatic rings. The average Bonchev–Trinajstić information content (AvgIpc) is 2.88. The third kappa shape index (κ3) is 3.24.